The van der Waals surface area contributed by atoms with Crippen molar-refractivity contribution >= 4 is 0 Å². The maximum absolute atomic E-state index is 5.66. The molecule has 0 saturated carbocycles. The minimum Gasteiger partial charge on any atom is -0.383 e. The first-order valence-corrected chi connectivity index (χ1v) is 5.90. The topological polar surface area (TPSA) is 40.2 Å². The van der Waals surface area contributed by atoms with Gasteiger partial charge in [0, 0.05) is 26.7 Å². The molecule has 5 nitrogen and oxygen atoms in total. The van der Waals surface area contributed by atoms with Gasteiger partial charge < -0.3 is 18.9 Å². The van der Waals surface area contributed by atoms with Crippen molar-refractivity contribution in [3.8, 4) is 0 Å². The summed E-state index contributed by atoms with van der Waals surface area (Å²) in [4.78, 5) is 2.36. The van der Waals surface area contributed by atoms with Crippen LogP contribution in [0.5, 0.6) is 0 Å². The minimum absolute atomic E-state index is 0.200. The van der Waals surface area contributed by atoms with Crippen LogP contribution in [-0.2, 0) is 18.9 Å². The van der Waals surface area contributed by atoms with Crippen molar-refractivity contribution < 1.29 is 18.9 Å². The molecular formula is C11H21NO4. The fraction of sp³-hybridized carbons (Fsp3) is 1.00. The van der Waals surface area contributed by atoms with Crippen LogP contribution < -0.4 is 0 Å². The molecule has 2 fully saturated rings. The van der Waals surface area contributed by atoms with E-state index in [0.717, 1.165) is 46.1 Å². The number of ether oxygens (including phenoxy) is 4. The summed E-state index contributed by atoms with van der Waals surface area (Å²) in [6.45, 7) is 6.63. The largest absolute Gasteiger partial charge is 0.383 e. The molecule has 1 atom stereocenters. The summed E-state index contributed by atoms with van der Waals surface area (Å²) in [6.07, 6.45) is 0.490. The molecule has 5 heteroatoms. The van der Waals surface area contributed by atoms with Crippen molar-refractivity contribution in [2.24, 2.45) is 0 Å². The zero-order chi connectivity index (χ0) is 11.2. The molecule has 94 valence electrons. The molecule has 2 saturated heterocycles. The van der Waals surface area contributed by atoms with E-state index in [1.54, 1.807) is 7.11 Å². The van der Waals surface area contributed by atoms with Crippen molar-refractivity contribution in [1.29, 1.82) is 0 Å². The van der Waals surface area contributed by atoms with E-state index in [0.29, 0.717) is 6.61 Å². The second kappa shape index (κ2) is 6.51. The fourth-order valence-electron chi connectivity index (χ4n) is 1.86. The molecular weight excluding hydrogens is 210 g/mol. The van der Waals surface area contributed by atoms with Crippen molar-refractivity contribution in [2.75, 3.05) is 59.8 Å². The van der Waals surface area contributed by atoms with Crippen LogP contribution >= 0.6 is 0 Å². The Balaban J connectivity index is 1.61. The first kappa shape index (κ1) is 12.3. The van der Waals surface area contributed by atoms with Gasteiger partial charge in [-0.25, -0.2) is 0 Å². The number of methoxy groups -OCH3 is 1. The molecule has 2 heterocycles. The fourth-order valence-corrected chi connectivity index (χ4v) is 1.86. The predicted octanol–water partition coefficient (Wildman–Crippen LogP) is -0.251. The normalized spacial score (nSPS) is 27.9. The molecule has 0 aromatic carbocycles. The first-order valence-electron chi connectivity index (χ1n) is 5.90. The average molecular weight is 231 g/mol. The second-order valence-electron chi connectivity index (χ2n) is 4.28. The molecule has 0 aliphatic carbocycles. The van der Waals surface area contributed by atoms with Crippen LogP contribution in [0.2, 0.25) is 0 Å². The van der Waals surface area contributed by atoms with Crippen molar-refractivity contribution in [3.63, 3.8) is 0 Å². The quantitative estimate of drug-likeness (QED) is 0.630. The van der Waals surface area contributed by atoms with Crippen molar-refractivity contribution in [2.45, 2.75) is 12.2 Å². The average Bonchev–Trinajstić information content (AvgIpc) is 2.25. The molecule has 0 aromatic heterocycles. The van der Waals surface area contributed by atoms with E-state index in [1.165, 1.54) is 0 Å². The molecule has 2 aliphatic rings. The Kier molecular flexibility index (Phi) is 4.99. The number of rotatable bonds is 6. The number of nitrogens with zero attached hydrogens (tertiary/aromatic N) is 1. The molecule has 0 radical (unpaired) electrons. The van der Waals surface area contributed by atoms with E-state index >= 15 is 0 Å². The molecule has 0 aromatic rings. The molecule has 0 amide bonds. The maximum Gasteiger partial charge on any atom is 0.104 e. The van der Waals surface area contributed by atoms with Crippen LogP contribution in [0.25, 0.3) is 0 Å². The third-order valence-corrected chi connectivity index (χ3v) is 2.96. The number of hydrogen-bond acceptors (Lipinski definition) is 5. The van der Waals surface area contributed by atoms with Gasteiger partial charge in [0.2, 0.25) is 0 Å². The summed E-state index contributed by atoms with van der Waals surface area (Å²) in [5, 5.41) is 0. The highest BCUT2D eigenvalue weighted by atomic mass is 16.6. The lowest BCUT2D eigenvalue weighted by molar-refractivity contribution is -0.158. The number of hydrogen-bond donors (Lipinski definition) is 0. The van der Waals surface area contributed by atoms with Crippen LogP contribution in [0.1, 0.15) is 0 Å². The second-order valence-corrected chi connectivity index (χ2v) is 4.28. The Bertz CT molecular complexity index is 198. The molecule has 1 unspecified atom stereocenters. The van der Waals surface area contributed by atoms with Gasteiger partial charge in [-0.05, 0) is 0 Å². The van der Waals surface area contributed by atoms with Crippen molar-refractivity contribution in [3.05, 3.63) is 0 Å². The zero-order valence-corrected chi connectivity index (χ0v) is 9.89. The van der Waals surface area contributed by atoms with Gasteiger partial charge in [0.25, 0.3) is 0 Å². The van der Waals surface area contributed by atoms with Crippen LogP contribution in [0.15, 0.2) is 0 Å². The monoisotopic (exact) mass is 231 g/mol. The van der Waals surface area contributed by atoms with Gasteiger partial charge in [0.05, 0.1) is 39.1 Å². The highest BCUT2D eigenvalue weighted by Gasteiger charge is 2.24. The lowest BCUT2D eigenvalue weighted by Crippen LogP contribution is -2.47. The maximum atomic E-state index is 5.66. The Morgan fingerprint density at radius 3 is 2.94 bits per heavy atom. The van der Waals surface area contributed by atoms with Crippen LogP contribution in [-0.4, -0.2) is 76.9 Å². The first-order chi connectivity index (χ1) is 7.88. The van der Waals surface area contributed by atoms with Gasteiger partial charge in [0.1, 0.15) is 6.10 Å². The van der Waals surface area contributed by atoms with Gasteiger partial charge >= 0.3 is 0 Å². The SMILES string of the molecule is COCCN1CCOC(COC2COC2)C1. The standard InChI is InChI=1S/C11H21NO4/c1-13-4-2-12-3-5-15-10(6-12)9-16-11-7-14-8-11/h10-11H,2-9H2,1H3. The molecule has 2 aliphatic heterocycles. The van der Waals surface area contributed by atoms with Crippen LogP contribution in [0, 0.1) is 0 Å². The summed E-state index contributed by atoms with van der Waals surface area (Å²) in [6, 6.07) is 0. The molecule has 16 heavy (non-hydrogen) atoms. The summed E-state index contributed by atoms with van der Waals surface area (Å²) in [5.74, 6) is 0. The van der Waals surface area contributed by atoms with E-state index < -0.39 is 0 Å². The van der Waals surface area contributed by atoms with E-state index in [1.807, 2.05) is 0 Å². The van der Waals surface area contributed by atoms with Crippen LogP contribution in [0.3, 0.4) is 0 Å². The smallest absolute Gasteiger partial charge is 0.104 e. The van der Waals surface area contributed by atoms with E-state index in [-0.39, 0.29) is 12.2 Å². The zero-order valence-electron chi connectivity index (χ0n) is 9.89. The van der Waals surface area contributed by atoms with Gasteiger partial charge in [0.15, 0.2) is 0 Å². The molecule has 0 spiro atoms. The predicted molar refractivity (Wildman–Crippen MR) is 58.6 cm³/mol. The summed E-state index contributed by atoms with van der Waals surface area (Å²) >= 11 is 0. The van der Waals surface area contributed by atoms with E-state index in [9.17, 15) is 0 Å². The van der Waals surface area contributed by atoms with Crippen molar-refractivity contribution in [1.82, 2.24) is 4.90 Å². The third kappa shape index (κ3) is 3.68. The Morgan fingerprint density at radius 2 is 2.25 bits per heavy atom. The molecule has 0 bridgehead atoms. The van der Waals surface area contributed by atoms with Gasteiger partial charge in [-0.1, -0.05) is 0 Å². The highest BCUT2D eigenvalue weighted by molar-refractivity contribution is 4.73. The highest BCUT2D eigenvalue weighted by Crippen LogP contribution is 2.10. The summed E-state index contributed by atoms with van der Waals surface area (Å²) in [7, 11) is 1.73. The summed E-state index contributed by atoms with van der Waals surface area (Å²) < 4.78 is 21.5. The Hall–Kier alpha value is -0.200. The van der Waals surface area contributed by atoms with E-state index in [2.05, 4.69) is 4.90 Å². The Labute approximate surface area is 96.6 Å². The summed E-state index contributed by atoms with van der Waals surface area (Å²) in [5.41, 5.74) is 0. The Morgan fingerprint density at radius 1 is 1.38 bits per heavy atom. The van der Waals surface area contributed by atoms with E-state index in [4.69, 9.17) is 18.9 Å². The third-order valence-electron chi connectivity index (χ3n) is 2.96. The molecule has 2 rings (SSSR count). The lowest BCUT2D eigenvalue weighted by Gasteiger charge is -2.34. The minimum atomic E-state index is 0.200. The lowest BCUT2D eigenvalue weighted by atomic mass is 10.2. The molecule has 0 N–H and O–H groups in total. The van der Waals surface area contributed by atoms with Crippen LogP contribution in [0.4, 0.5) is 0 Å². The number of morpholine rings is 1. The van der Waals surface area contributed by atoms with Gasteiger partial charge in [-0.15, -0.1) is 0 Å². The van der Waals surface area contributed by atoms with Gasteiger partial charge in [-0.2, -0.15) is 0 Å². The van der Waals surface area contributed by atoms with Gasteiger partial charge in [-0.3, -0.25) is 4.90 Å².